The molecule has 10 heteroatoms. The van der Waals surface area contributed by atoms with Crippen LogP contribution in [0.5, 0.6) is 0 Å². The highest BCUT2D eigenvalue weighted by atomic mass is 35.5. The van der Waals surface area contributed by atoms with Crippen LogP contribution in [0.15, 0.2) is 42.5 Å². The number of rotatable bonds is 12. The quantitative estimate of drug-likeness (QED) is 0.360. The normalized spacial score (nSPS) is 13.2. The van der Waals surface area contributed by atoms with Crippen LogP contribution in [-0.2, 0) is 26.2 Å². The van der Waals surface area contributed by atoms with Gasteiger partial charge in [0.05, 0.1) is 22.0 Å². The van der Waals surface area contributed by atoms with E-state index in [9.17, 15) is 18.0 Å². The molecule has 0 fully saturated rings. The molecule has 0 saturated heterocycles. The third kappa shape index (κ3) is 8.35. The first-order chi connectivity index (χ1) is 17.3. The van der Waals surface area contributed by atoms with Crippen molar-refractivity contribution in [3.63, 3.8) is 0 Å². The number of carbonyl (C=O) groups is 2. The van der Waals surface area contributed by atoms with E-state index in [1.807, 2.05) is 46.8 Å². The summed E-state index contributed by atoms with van der Waals surface area (Å²) in [6.07, 6.45) is 2.15. The Bertz CT molecular complexity index is 1200. The summed E-state index contributed by atoms with van der Waals surface area (Å²) in [6.45, 7) is 9.21. The number of hydrogen-bond acceptors (Lipinski definition) is 4. The van der Waals surface area contributed by atoms with Crippen LogP contribution in [0.4, 0.5) is 5.69 Å². The van der Waals surface area contributed by atoms with E-state index < -0.39 is 28.5 Å². The predicted octanol–water partition coefficient (Wildman–Crippen LogP) is 5.60. The van der Waals surface area contributed by atoms with E-state index in [2.05, 4.69) is 5.32 Å². The molecule has 7 nitrogen and oxygen atoms in total. The van der Waals surface area contributed by atoms with Crippen LogP contribution in [-0.4, -0.2) is 50.0 Å². The van der Waals surface area contributed by atoms with Crippen molar-refractivity contribution in [2.24, 2.45) is 0 Å². The molecule has 2 atom stereocenters. The Kier molecular flexibility index (Phi) is 11.3. The average molecular weight is 571 g/mol. The van der Waals surface area contributed by atoms with Crippen molar-refractivity contribution in [1.82, 2.24) is 10.2 Å². The van der Waals surface area contributed by atoms with E-state index in [1.54, 1.807) is 30.3 Å². The first kappa shape index (κ1) is 30.9. The Morgan fingerprint density at radius 3 is 2.16 bits per heavy atom. The van der Waals surface area contributed by atoms with Crippen LogP contribution >= 0.6 is 23.2 Å². The van der Waals surface area contributed by atoms with Gasteiger partial charge in [0.25, 0.3) is 0 Å². The Morgan fingerprint density at radius 2 is 1.62 bits per heavy atom. The molecule has 0 bridgehead atoms. The second-order valence-electron chi connectivity index (χ2n) is 9.50. The molecule has 0 radical (unpaired) electrons. The van der Waals surface area contributed by atoms with Crippen molar-refractivity contribution in [3.8, 4) is 0 Å². The van der Waals surface area contributed by atoms with Crippen molar-refractivity contribution in [1.29, 1.82) is 0 Å². The van der Waals surface area contributed by atoms with Gasteiger partial charge in [0.15, 0.2) is 0 Å². The van der Waals surface area contributed by atoms with Crippen LogP contribution in [0.2, 0.25) is 10.0 Å². The highest BCUT2D eigenvalue weighted by Crippen LogP contribution is 2.30. The van der Waals surface area contributed by atoms with Crippen LogP contribution in [0.3, 0.4) is 0 Å². The fourth-order valence-corrected chi connectivity index (χ4v) is 5.18. The average Bonchev–Trinajstić information content (AvgIpc) is 2.83. The van der Waals surface area contributed by atoms with E-state index in [4.69, 9.17) is 23.2 Å². The number of anilines is 1. The van der Waals surface area contributed by atoms with E-state index in [1.165, 1.54) is 4.90 Å². The molecule has 0 aliphatic carbocycles. The number of sulfonamides is 1. The third-order valence-electron chi connectivity index (χ3n) is 6.23. The Balaban J connectivity index is 2.53. The van der Waals surface area contributed by atoms with Gasteiger partial charge in [-0.1, -0.05) is 75.2 Å². The molecule has 0 aromatic heterocycles. The van der Waals surface area contributed by atoms with Gasteiger partial charge in [-0.15, -0.1) is 0 Å². The number of halogens is 2. The second kappa shape index (κ2) is 13.5. The van der Waals surface area contributed by atoms with Gasteiger partial charge in [-0.25, -0.2) is 8.42 Å². The van der Waals surface area contributed by atoms with Gasteiger partial charge in [0, 0.05) is 12.6 Å². The molecular formula is C27H37Cl2N3O4S. The minimum atomic E-state index is -3.82. The summed E-state index contributed by atoms with van der Waals surface area (Å²) in [5, 5.41) is 3.65. The smallest absolute Gasteiger partial charge is 0.244 e. The maximum absolute atomic E-state index is 13.9. The summed E-state index contributed by atoms with van der Waals surface area (Å²) in [6, 6.07) is 11.2. The zero-order valence-corrected chi connectivity index (χ0v) is 24.6. The van der Waals surface area contributed by atoms with E-state index >= 15 is 0 Å². The van der Waals surface area contributed by atoms with Crippen molar-refractivity contribution in [2.75, 3.05) is 17.1 Å². The molecule has 0 saturated carbocycles. The Morgan fingerprint density at radius 1 is 0.973 bits per heavy atom. The lowest BCUT2D eigenvalue weighted by Gasteiger charge is -2.34. The topological polar surface area (TPSA) is 86.8 Å². The summed E-state index contributed by atoms with van der Waals surface area (Å²) in [7, 11) is -3.82. The van der Waals surface area contributed by atoms with Gasteiger partial charge in [-0.2, -0.15) is 0 Å². The zero-order chi connectivity index (χ0) is 27.9. The SMILES string of the molecule is CC[C@H](C(=O)N[C@@H](C)CC)N(Cc1ccc(Cl)c(Cl)c1)C(=O)CN(c1ccccc1C(C)C)S(C)(=O)=O. The molecule has 204 valence electrons. The number of amides is 2. The number of benzene rings is 2. The summed E-state index contributed by atoms with van der Waals surface area (Å²) in [4.78, 5) is 28.5. The van der Waals surface area contributed by atoms with E-state index in [0.29, 0.717) is 27.7 Å². The molecule has 0 unspecified atom stereocenters. The van der Waals surface area contributed by atoms with Crippen LogP contribution in [0.25, 0.3) is 0 Å². The number of nitrogens with zero attached hydrogens (tertiary/aromatic N) is 2. The van der Waals surface area contributed by atoms with Crippen LogP contribution < -0.4 is 9.62 Å². The Labute approximate surface area is 231 Å². The van der Waals surface area contributed by atoms with Gasteiger partial charge in [0.2, 0.25) is 21.8 Å². The maximum atomic E-state index is 13.9. The van der Waals surface area contributed by atoms with Gasteiger partial charge >= 0.3 is 0 Å². The maximum Gasteiger partial charge on any atom is 0.244 e. The van der Waals surface area contributed by atoms with Crippen molar-refractivity contribution < 1.29 is 18.0 Å². The summed E-state index contributed by atoms with van der Waals surface area (Å²) < 4.78 is 26.9. The van der Waals surface area contributed by atoms with Crippen LogP contribution in [0, 0.1) is 0 Å². The molecule has 0 aliphatic rings. The number of nitrogens with one attached hydrogen (secondary N) is 1. The van der Waals surface area contributed by atoms with E-state index in [-0.39, 0.29) is 24.4 Å². The second-order valence-corrected chi connectivity index (χ2v) is 12.2. The first-order valence-corrected chi connectivity index (χ1v) is 15.0. The van der Waals surface area contributed by atoms with Crippen LogP contribution in [0.1, 0.15) is 64.5 Å². The summed E-state index contributed by atoms with van der Waals surface area (Å²) >= 11 is 12.3. The molecule has 2 aromatic carbocycles. The molecule has 2 aromatic rings. The highest BCUT2D eigenvalue weighted by Gasteiger charge is 2.33. The number of hydrogen-bond donors (Lipinski definition) is 1. The lowest BCUT2D eigenvalue weighted by molar-refractivity contribution is -0.140. The number of para-hydroxylation sites is 1. The molecule has 1 N–H and O–H groups in total. The first-order valence-electron chi connectivity index (χ1n) is 12.4. The molecule has 37 heavy (non-hydrogen) atoms. The predicted molar refractivity (Wildman–Crippen MR) is 152 cm³/mol. The van der Waals surface area contributed by atoms with Gasteiger partial charge in [0.1, 0.15) is 12.6 Å². The molecule has 2 rings (SSSR count). The lowest BCUT2D eigenvalue weighted by Crippen LogP contribution is -2.53. The Hall–Kier alpha value is -2.29. The van der Waals surface area contributed by atoms with Crippen molar-refractivity contribution in [2.45, 2.75) is 72.0 Å². The fourth-order valence-electron chi connectivity index (χ4n) is 3.99. The third-order valence-corrected chi connectivity index (χ3v) is 8.10. The molecule has 0 spiro atoms. The molecule has 0 aliphatic heterocycles. The van der Waals surface area contributed by atoms with Crippen molar-refractivity contribution >= 4 is 50.7 Å². The number of carbonyl (C=O) groups excluding carboxylic acids is 2. The zero-order valence-electron chi connectivity index (χ0n) is 22.3. The standard InChI is InChI=1S/C27H37Cl2N3O4S/c1-7-19(5)30-27(34)24(8-2)31(16-20-13-14-22(28)23(29)15-20)26(33)17-32(37(6,35)36)25-12-10-9-11-21(25)18(3)4/h9-15,18-19,24H,7-8,16-17H2,1-6H3,(H,30,34)/t19-,24+/m0/s1. The fraction of sp³-hybridized carbons (Fsp3) is 0.481. The lowest BCUT2D eigenvalue weighted by atomic mass is 10.0. The summed E-state index contributed by atoms with van der Waals surface area (Å²) in [5.41, 5.74) is 1.92. The highest BCUT2D eigenvalue weighted by molar-refractivity contribution is 7.92. The van der Waals surface area contributed by atoms with E-state index in [0.717, 1.165) is 22.5 Å². The molecule has 2 amide bonds. The van der Waals surface area contributed by atoms with Gasteiger partial charge in [-0.3, -0.25) is 13.9 Å². The van der Waals surface area contributed by atoms with Gasteiger partial charge in [-0.05, 0) is 55.0 Å². The largest absolute Gasteiger partial charge is 0.352 e. The monoisotopic (exact) mass is 569 g/mol. The molecule has 0 heterocycles. The van der Waals surface area contributed by atoms with Crippen molar-refractivity contribution in [3.05, 3.63) is 63.6 Å². The molecular weight excluding hydrogens is 533 g/mol. The minimum absolute atomic E-state index is 0.0348. The van der Waals surface area contributed by atoms with Gasteiger partial charge < -0.3 is 10.2 Å². The summed E-state index contributed by atoms with van der Waals surface area (Å²) in [5.74, 6) is -0.757. The minimum Gasteiger partial charge on any atom is -0.352 e.